The van der Waals surface area contributed by atoms with E-state index in [0.717, 1.165) is 18.8 Å². The molecule has 1 aromatic rings. The Morgan fingerprint density at radius 1 is 1.47 bits per heavy atom. The van der Waals surface area contributed by atoms with Crippen LogP contribution in [0.1, 0.15) is 26.5 Å². The summed E-state index contributed by atoms with van der Waals surface area (Å²) >= 11 is 0. The van der Waals surface area contributed by atoms with Crippen molar-refractivity contribution in [1.82, 2.24) is 14.9 Å². The predicted molar refractivity (Wildman–Crippen MR) is 62.8 cm³/mol. The molecule has 15 heavy (non-hydrogen) atoms. The first-order valence-electron chi connectivity index (χ1n) is 5.38. The second kappa shape index (κ2) is 5.66. The van der Waals surface area contributed by atoms with Gasteiger partial charge in [0.25, 0.3) is 0 Å². The molecule has 0 aliphatic carbocycles. The molecule has 0 amide bonds. The van der Waals surface area contributed by atoms with Gasteiger partial charge in [0, 0.05) is 18.8 Å². The van der Waals surface area contributed by atoms with Crippen molar-refractivity contribution < 1.29 is 0 Å². The molecule has 0 atom stereocenters. The summed E-state index contributed by atoms with van der Waals surface area (Å²) in [5.41, 5.74) is 1.05. The highest BCUT2D eigenvalue weighted by atomic mass is 15.1. The predicted octanol–water partition coefficient (Wildman–Crippen LogP) is 1.75. The van der Waals surface area contributed by atoms with Crippen molar-refractivity contribution in [2.24, 2.45) is 0 Å². The summed E-state index contributed by atoms with van der Waals surface area (Å²) in [5, 5.41) is 3.20. The molecule has 1 rings (SSSR count). The molecule has 0 aliphatic rings. The van der Waals surface area contributed by atoms with Crippen molar-refractivity contribution in [1.29, 1.82) is 0 Å². The van der Waals surface area contributed by atoms with Crippen LogP contribution in [0.25, 0.3) is 0 Å². The maximum absolute atomic E-state index is 4.44. The summed E-state index contributed by atoms with van der Waals surface area (Å²) in [6.07, 6.45) is 1.80. The fourth-order valence-corrected chi connectivity index (χ4v) is 1.20. The fraction of sp³-hybridized carbons (Fsp3) is 0.636. The highest BCUT2D eigenvalue weighted by molar-refractivity contribution is 5.25. The average Bonchev–Trinajstić information content (AvgIpc) is 2.17. The van der Waals surface area contributed by atoms with Gasteiger partial charge in [0.1, 0.15) is 0 Å². The molecular formula is C11H20N4. The van der Waals surface area contributed by atoms with Gasteiger partial charge in [-0.1, -0.05) is 6.92 Å². The van der Waals surface area contributed by atoms with Gasteiger partial charge in [0.2, 0.25) is 5.95 Å². The molecule has 1 aromatic heterocycles. The summed E-state index contributed by atoms with van der Waals surface area (Å²) < 4.78 is 0. The minimum atomic E-state index is 0.365. The second-order valence-electron chi connectivity index (χ2n) is 4.00. The lowest BCUT2D eigenvalue weighted by atomic mass is 10.3. The number of aromatic nitrogens is 2. The Labute approximate surface area is 91.7 Å². The van der Waals surface area contributed by atoms with E-state index in [1.54, 1.807) is 6.20 Å². The van der Waals surface area contributed by atoms with Gasteiger partial charge in [-0.15, -0.1) is 0 Å². The van der Waals surface area contributed by atoms with Gasteiger partial charge in [0.15, 0.2) is 0 Å². The lowest BCUT2D eigenvalue weighted by Crippen LogP contribution is -2.19. The maximum atomic E-state index is 4.44. The van der Waals surface area contributed by atoms with E-state index < -0.39 is 0 Å². The Balaban J connectivity index is 2.65. The van der Waals surface area contributed by atoms with Gasteiger partial charge in [-0.3, -0.25) is 0 Å². The van der Waals surface area contributed by atoms with Crippen molar-refractivity contribution in [3.05, 3.63) is 18.0 Å². The van der Waals surface area contributed by atoms with Gasteiger partial charge >= 0.3 is 0 Å². The van der Waals surface area contributed by atoms with E-state index in [2.05, 4.69) is 48.0 Å². The van der Waals surface area contributed by atoms with Crippen LogP contribution in [0, 0.1) is 0 Å². The molecular weight excluding hydrogens is 188 g/mol. The molecule has 84 valence electrons. The van der Waals surface area contributed by atoms with E-state index in [9.17, 15) is 0 Å². The molecule has 4 heteroatoms. The van der Waals surface area contributed by atoms with E-state index in [1.807, 2.05) is 6.07 Å². The van der Waals surface area contributed by atoms with Crippen molar-refractivity contribution in [3.8, 4) is 0 Å². The number of nitrogens with one attached hydrogen (secondary N) is 1. The smallest absolute Gasteiger partial charge is 0.223 e. The SMILES string of the molecule is CCN(C)Cc1ccnc(NC(C)C)n1. The van der Waals surface area contributed by atoms with Crippen LogP contribution in [0.3, 0.4) is 0 Å². The van der Waals surface area contributed by atoms with Gasteiger partial charge in [-0.2, -0.15) is 0 Å². The van der Waals surface area contributed by atoms with Crippen molar-refractivity contribution in [2.75, 3.05) is 18.9 Å². The molecule has 1 heterocycles. The second-order valence-corrected chi connectivity index (χ2v) is 4.00. The molecule has 0 radical (unpaired) electrons. The first-order chi connectivity index (χ1) is 7.11. The minimum absolute atomic E-state index is 0.365. The summed E-state index contributed by atoms with van der Waals surface area (Å²) in [5.74, 6) is 0.715. The van der Waals surface area contributed by atoms with E-state index in [4.69, 9.17) is 0 Å². The van der Waals surface area contributed by atoms with Crippen molar-refractivity contribution in [2.45, 2.75) is 33.4 Å². The molecule has 4 nitrogen and oxygen atoms in total. The zero-order chi connectivity index (χ0) is 11.3. The Morgan fingerprint density at radius 2 is 2.20 bits per heavy atom. The highest BCUT2D eigenvalue weighted by Crippen LogP contribution is 2.04. The Hall–Kier alpha value is -1.16. The van der Waals surface area contributed by atoms with Crippen LogP contribution < -0.4 is 5.32 Å². The number of nitrogens with zero attached hydrogens (tertiary/aromatic N) is 3. The van der Waals surface area contributed by atoms with Crippen molar-refractivity contribution in [3.63, 3.8) is 0 Å². The number of rotatable bonds is 5. The van der Waals surface area contributed by atoms with Crippen LogP contribution in [0.5, 0.6) is 0 Å². The normalized spacial score (nSPS) is 11.1. The van der Waals surface area contributed by atoms with Gasteiger partial charge < -0.3 is 10.2 Å². The largest absolute Gasteiger partial charge is 0.352 e. The van der Waals surface area contributed by atoms with Crippen LogP contribution in [0.4, 0.5) is 5.95 Å². The Kier molecular flexibility index (Phi) is 4.49. The van der Waals surface area contributed by atoms with Crippen LogP contribution in [-0.2, 0) is 6.54 Å². The van der Waals surface area contributed by atoms with Crippen LogP contribution >= 0.6 is 0 Å². The quantitative estimate of drug-likeness (QED) is 0.800. The summed E-state index contributed by atoms with van der Waals surface area (Å²) in [7, 11) is 2.08. The lowest BCUT2D eigenvalue weighted by molar-refractivity contribution is 0.341. The molecule has 0 bridgehead atoms. The van der Waals surface area contributed by atoms with E-state index >= 15 is 0 Å². The number of hydrogen-bond acceptors (Lipinski definition) is 4. The monoisotopic (exact) mass is 208 g/mol. The lowest BCUT2D eigenvalue weighted by Gasteiger charge is -2.14. The first-order valence-corrected chi connectivity index (χ1v) is 5.38. The summed E-state index contributed by atoms with van der Waals surface area (Å²) in [6.45, 7) is 8.18. The highest BCUT2D eigenvalue weighted by Gasteiger charge is 2.02. The van der Waals surface area contributed by atoms with Gasteiger partial charge in [-0.05, 0) is 33.5 Å². The Bertz CT molecular complexity index is 298. The molecule has 0 spiro atoms. The molecule has 0 aromatic carbocycles. The minimum Gasteiger partial charge on any atom is -0.352 e. The average molecular weight is 208 g/mol. The molecule has 0 saturated carbocycles. The van der Waals surface area contributed by atoms with Crippen LogP contribution in [0.15, 0.2) is 12.3 Å². The van der Waals surface area contributed by atoms with E-state index in [1.165, 1.54) is 0 Å². The van der Waals surface area contributed by atoms with E-state index in [0.29, 0.717) is 12.0 Å². The van der Waals surface area contributed by atoms with Crippen LogP contribution in [0.2, 0.25) is 0 Å². The van der Waals surface area contributed by atoms with Crippen LogP contribution in [-0.4, -0.2) is 34.5 Å². The maximum Gasteiger partial charge on any atom is 0.223 e. The van der Waals surface area contributed by atoms with Gasteiger partial charge in [-0.25, -0.2) is 9.97 Å². The number of hydrogen-bond donors (Lipinski definition) is 1. The third-order valence-electron chi connectivity index (χ3n) is 2.10. The molecule has 0 aliphatic heterocycles. The molecule has 0 fully saturated rings. The third-order valence-corrected chi connectivity index (χ3v) is 2.10. The zero-order valence-corrected chi connectivity index (χ0v) is 9.99. The topological polar surface area (TPSA) is 41.1 Å². The van der Waals surface area contributed by atoms with Crippen molar-refractivity contribution >= 4 is 5.95 Å². The van der Waals surface area contributed by atoms with E-state index in [-0.39, 0.29) is 0 Å². The first kappa shape index (κ1) is 11.9. The summed E-state index contributed by atoms with van der Waals surface area (Å²) in [6, 6.07) is 2.32. The molecule has 0 unspecified atom stereocenters. The standard InChI is InChI=1S/C11H20N4/c1-5-15(4)8-10-6-7-12-11(14-10)13-9(2)3/h6-7,9H,5,8H2,1-4H3,(H,12,13,14). The Morgan fingerprint density at radius 3 is 2.80 bits per heavy atom. The summed E-state index contributed by atoms with van der Waals surface area (Å²) in [4.78, 5) is 10.8. The molecule has 1 N–H and O–H groups in total. The fourth-order valence-electron chi connectivity index (χ4n) is 1.20. The zero-order valence-electron chi connectivity index (χ0n) is 9.99. The van der Waals surface area contributed by atoms with Gasteiger partial charge in [0.05, 0.1) is 5.69 Å². The molecule has 0 saturated heterocycles. The third kappa shape index (κ3) is 4.25. The number of anilines is 1.